The summed E-state index contributed by atoms with van der Waals surface area (Å²) in [6.45, 7) is 1.74. The van der Waals surface area contributed by atoms with Crippen LogP contribution in [0.25, 0.3) is 0 Å². The molecule has 0 fully saturated rings. The number of benzene rings is 2. The second kappa shape index (κ2) is 7.03. The topological polar surface area (TPSA) is 38.3 Å². The highest BCUT2D eigenvalue weighted by Gasteiger charge is 2.08. The normalized spacial score (nSPS) is 10.3. The molecule has 0 saturated heterocycles. The van der Waals surface area contributed by atoms with Crippen LogP contribution >= 0.6 is 34.8 Å². The summed E-state index contributed by atoms with van der Waals surface area (Å²) in [5.41, 5.74) is 1.37. The molecule has 0 aliphatic carbocycles. The minimum atomic E-state index is -0.313. The largest absolute Gasteiger partial charge is 0.484 e. The van der Waals surface area contributed by atoms with Crippen LogP contribution in [0.15, 0.2) is 36.4 Å². The van der Waals surface area contributed by atoms with Crippen LogP contribution in [0, 0.1) is 6.92 Å². The Morgan fingerprint density at radius 3 is 2.52 bits per heavy atom. The van der Waals surface area contributed by atoms with Crippen LogP contribution in [-0.2, 0) is 4.79 Å². The van der Waals surface area contributed by atoms with E-state index in [1.54, 1.807) is 36.4 Å². The summed E-state index contributed by atoms with van der Waals surface area (Å²) in [7, 11) is 0. The van der Waals surface area contributed by atoms with Crippen LogP contribution in [0.2, 0.25) is 15.1 Å². The molecule has 0 bridgehead atoms. The molecule has 1 amide bonds. The lowest BCUT2D eigenvalue weighted by Gasteiger charge is -2.09. The highest BCUT2D eigenvalue weighted by atomic mass is 35.5. The van der Waals surface area contributed by atoms with Gasteiger partial charge in [0.1, 0.15) is 5.75 Å². The maximum atomic E-state index is 11.8. The molecule has 6 heteroatoms. The fraction of sp³-hybridized carbons (Fsp3) is 0.133. The van der Waals surface area contributed by atoms with Crippen LogP contribution in [0.1, 0.15) is 5.56 Å². The van der Waals surface area contributed by atoms with E-state index < -0.39 is 0 Å². The van der Waals surface area contributed by atoms with E-state index in [0.29, 0.717) is 26.5 Å². The Morgan fingerprint density at radius 1 is 1.10 bits per heavy atom. The molecule has 3 nitrogen and oxygen atoms in total. The smallest absolute Gasteiger partial charge is 0.262 e. The van der Waals surface area contributed by atoms with E-state index in [1.807, 2.05) is 6.92 Å². The van der Waals surface area contributed by atoms with Crippen molar-refractivity contribution in [3.63, 3.8) is 0 Å². The first-order valence-corrected chi connectivity index (χ1v) is 7.23. The van der Waals surface area contributed by atoms with Crippen molar-refractivity contribution in [1.29, 1.82) is 0 Å². The summed E-state index contributed by atoms with van der Waals surface area (Å²) >= 11 is 17.7. The molecule has 0 aliphatic rings. The van der Waals surface area contributed by atoms with Gasteiger partial charge >= 0.3 is 0 Å². The van der Waals surface area contributed by atoms with E-state index in [2.05, 4.69) is 5.32 Å². The summed E-state index contributed by atoms with van der Waals surface area (Å²) < 4.78 is 5.40. The number of anilines is 1. The molecule has 0 aromatic heterocycles. The van der Waals surface area contributed by atoms with Gasteiger partial charge in [-0.25, -0.2) is 0 Å². The van der Waals surface area contributed by atoms with Gasteiger partial charge in [0.2, 0.25) is 0 Å². The Hall–Kier alpha value is -1.42. The quantitative estimate of drug-likeness (QED) is 0.850. The van der Waals surface area contributed by atoms with E-state index in [1.165, 1.54) is 0 Å². The molecule has 0 saturated carbocycles. The number of carbonyl (C=O) groups is 1. The second-order valence-electron chi connectivity index (χ2n) is 4.37. The Kier molecular flexibility index (Phi) is 5.34. The van der Waals surface area contributed by atoms with Gasteiger partial charge < -0.3 is 10.1 Å². The summed E-state index contributed by atoms with van der Waals surface area (Å²) in [5, 5.41) is 4.18. The zero-order chi connectivity index (χ0) is 15.4. The molecule has 0 aliphatic heterocycles. The van der Waals surface area contributed by atoms with Gasteiger partial charge in [-0.1, -0.05) is 34.8 Å². The van der Waals surface area contributed by atoms with Gasteiger partial charge in [0.05, 0.1) is 10.7 Å². The van der Waals surface area contributed by atoms with E-state index in [4.69, 9.17) is 39.5 Å². The molecule has 0 heterocycles. The molecule has 0 unspecified atom stereocenters. The molecule has 0 atom stereocenters. The number of hydrogen-bond donors (Lipinski definition) is 1. The number of aryl methyl sites for hydroxylation is 1. The molecule has 2 aromatic rings. The van der Waals surface area contributed by atoms with Gasteiger partial charge in [0.25, 0.3) is 5.91 Å². The maximum absolute atomic E-state index is 11.8. The average molecular weight is 345 g/mol. The predicted molar refractivity (Wildman–Crippen MR) is 86.8 cm³/mol. The lowest BCUT2D eigenvalue weighted by Crippen LogP contribution is -2.20. The van der Waals surface area contributed by atoms with Crippen molar-refractivity contribution in [1.82, 2.24) is 0 Å². The molecule has 0 radical (unpaired) electrons. The lowest BCUT2D eigenvalue weighted by molar-refractivity contribution is -0.118. The van der Waals surface area contributed by atoms with E-state index >= 15 is 0 Å². The van der Waals surface area contributed by atoms with Crippen LogP contribution in [0.4, 0.5) is 5.69 Å². The van der Waals surface area contributed by atoms with Gasteiger partial charge in [-0.2, -0.15) is 0 Å². The van der Waals surface area contributed by atoms with Crippen molar-refractivity contribution in [3.05, 3.63) is 57.0 Å². The predicted octanol–water partition coefficient (Wildman–Crippen LogP) is 4.97. The van der Waals surface area contributed by atoms with Crippen molar-refractivity contribution >= 4 is 46.4 Å². The molecule has 21 heavy (non-hydrogen) atoms. The molecular weight excluding hydrogens is 333 g/mol. The number of hydrogen-bond acceptors (Lipinski definition) is 2. The average Bonchev–Trinajstić information content (AvgIpc) is 2.43. The highest BCUT2D eigenvalue weighted by molar-refractivity contribution is 6.36. The Bertz CT molecular complexity index is 674. The Balaban J connectivity index is 1.94. The van der Waals surface area contributed by atoms with Crippen LogP contribution in [-0.4, -0.2) is 12.5 Å². The molecule has 2 rings (SSSR count). The SMILES string of the molecule is Cc1cc(OCC(=O)Nc2ccc(Cl)cc2Cl)ccc1Cl. The standard InChI is InChI=1S/C15H12Cl3NO2/c1-9-6-11(3-4-12(9)17)21-8-15(20)19-14-5-2-10(16)7-13(14)18/h2-7H,8H2,1H3,(H,19,20). The highest BCUT2D eigenvalue weighted by Crippen LogP contribution is 2.25. The zero-order valence-corrected chi connectivity index (χ0v) is 13.4. The Labute approximate surface area is 137 Å². The number of rotatable bonds is 4. The van der Waals surface area contributed by atoms with Gasteiger partial charge in [0.15, 0.2) is 6.61 Å². The number of carbonyl (C=O) groups excluding carboxylic acids is 1. The second-order valence-corrected chi connectivity index (χ2v) is 5.62. The molecule has 0 spiro atoms. The zero-order valence-electron chi connectivity index (χ0n) is 11.1. The van der Waals surface area contributed by atoms with Gasteiger partial charge in [-0.15, -0.1) is 0 Å². The van der Waals surface area contributed by atoms with Crippen molar-refractivity contribution in [2.75, 3.05) is 11.9 Å². The summed E-state index contributed by atoms with van der Waals surface area (Å²) in [6, 6.07) is 10.0. The number of ether oxygens (including phenoxy) is 1. The number of amides is 1. The van der Waals surface area contributed by atoms with Gasteiger partial charge in [-0.05, 0) is 48.9 Å². The summed E-state index contributed by atoms with van der Waals surface area (Å²) in [5.74, 6) is 0.265. The Morgan fingerprint density at radius 2 is 1.86 bits per heavy atom. The lowest BCUT2D eigenvalue weighted by atomic mass is 10.2. The van der Waals surface area contributed by atoms with Gasteiger partial charge in [-0.3, -0.25) is 4.79 Å². The fourth-order valence-electron chi connectivity index (χ4n) is 1.63. The first-order chi connectivity index (χ1) is 9.95. The minimum Gasteiger partial charge on any atom is -0.484 e. The van der Waals surface area contributed by atoms with Crippen molar-refractivity contribution in [3.8, 4) is 5.75 Å². The van der Waals surface area contributed by atoms with Crippen molar-refractivity contribution in [2.24, 2.45) is 0 Å². The van der Waals surface area contributed by atoms with Crippen LogP contribution in [0.3, 0.4) is 0 Å². The van der Waals surface area contributed by atoms with E-state index in [9.17, 15) is 4.79 Å². The van der Waals surface area contributed by atoms with Crippen LogP contribution in [0.5, 0.6) is 5.75 Å². The van der Waals surface area contributed by atoms with Gasteiger partial charge in [0, 0.05) is 10.0 Å². The first-order valence-electron chi connectivity index (χ1n) is 6.09. The minimum absolute atomic E-state index is 0.125. The third-order valence-corrected chi connectivity index (χ3v) is 3.68. The first kappa shape index (κ1) is 16.0. The molecule has 2 aromatic carbocycles. The maximum Gasteiger partial charge on any atom is 0.262 e. The number of halogens is 3. The summed E-state index contributed by atoms with van der Waals surface area (Å²) in [6.07, 6.45) is 0. The molecule has 110 valence electrons. The third kappa shape index (κ3) is 4.53. The van der Waals surface area contributed by atoms with Crippen molar-refractivity contribution < 1.29 is 9.53 Å². The van der Waals surface area contributed by atoms with Crippen LogP contribution < -0.4 is 10.1 Å². The fourth-order valence-corrected chi connectivity index (χ4v) is 2.21. The third-order valence-electron chi connectivity index (χ3n) is 2.70. The van der Waals surface area contributed by atoms with Crippen molar-refractivity contribution in [2.45, 2.75) is 6.92 Å². The monoisotopic (exact) mass is 343 g/mol. The molecule has 1 N–H and O–H groups in total. The molecular formula is C15H12Cl3NO2. The van der Waals surface area contributed by atoms with E-state index in [0.717, 1.165) is 5.56 Å². The summed E-state index contributed by atoms with van der Waals surface area (Å²) in [4.78, 5) is 11.8. The number of nitrogens with one attached hydrogen (secondary N) is 1. The van der Waals surface area contributed by atoms with E-state index in [-0.39, 0.29) is 12.5 Å².